The number of guanidine groups is 1. The second-order valence-corrected chi connectivity index (χ2v) is 6.66. The largest absolute Gasteiger partial charge is 0.477 e. The Bertz CT molecular complexity index is 567. The Balaban J connectivity index is 2.68. The molecule has 0 unspecified atom stereocenters. The van der Waals surface area contributed by atoms with E-state index in [1.165, 1.54) is 0 Å². The Morgan fingerprint density at radius 2 is 2.04 bits per heavy atom. The summed E-state index contributed by atoms with van der Waals surface area (Å²) in [5.74, 6) is 1.11. The van der Waals surface area contributed by atoms with Crippen LogP contribution < -0.4 is 20.7 Å². The van der Waals surface area contributed by atoms with Gasteiger partial charge in [0.05, 0.1) is 19.7 Å². The van der Waals surface area contributed by atoms with E-state index in [4.69, 9.17) is 4.74 Å². The number of hydrogen-bond donors (Lipinski definition) is 3. The highest BCUT2D eigenvalue weighted by molar-refractivity contribution is 5.86. The number of ether oxygens (including phenoxy) is 1. The molecular weight excluding hydrogens is 318 g/mol. The SMILES string of the molecule is CCCOc1ncccc1CN=C(NCC)NCC(=O)NC(C)(C)C. The number of aliphatic imine (C=N–C) groups is 1. The van der Waals surface area contributed by atoms with Gasteiger partial charge in [-0.1, -0.05) is 13.0 Å². The van der Waals surface area contributed by atoms with Gasteiger partial charge in [0.1, 0.15) is 0 Å². The van der Waals surface area contributed by atoms with Gasteiger partial charge in [-0.3, -0.25) is 4.79 Å². The standard InChI is InChI=1S/C18H31N5O2/c1-6-11-25-16-14(9-8-10-20-16)12-21-17(19-7-2)22-13-15(24)23-18(3,4)5/h8-10H,6-7,11-13H2,1-5H3,(H,23,24)(H2,19,21,22). The van der Waals surface area contributed by atoms with Crippen LogP contribution in [0.15, 0.2) is 23.3 Å². The van der Waals surface area contributed by atoms with Crippen molar-refractivity contribution in [3.8, 4) is 5.88 Å². The third-order valence-corrected chi connectivity index (χ3v) is 2.98. The van der Waals surface area contributed by atoms with Gasteiger partial charge in [-0.05, 0) is 40.2 Å². The first-order valence-electron chi connectivity index (χ1n) is 8.75. The highest BCUT2D eigenvalue weighted by Gasteiger charge is 2.13. The minimum Gasteiger partial charge on any atom is -0.477 e. The highest BCUT2D eigenvalue weighted by Crippen LogP contribution is 2.15. The molecule has 0 aliphatic carbocycles. The molecule has 7 heteroatoms. The number of nitrogens with one attached hydrogen (secondary N) is 3. The van der Waals surface area contributed by atoms with E-state index in [1.807, 2.05) is 39.8 Å². The number of rotatable bonds is 8. The van der Waals surface area contributed by atoms with Gasteiger partial charge in [0, 0.05) is 23.8 Å². The van der Waals surface area contributed by atoms with Gasteiger partial charge in [-0.2, -0.15) is 0 Å². The molecule has 1 amide bonds. The first kappa shape index (κ1) is 20.7. The second kappa shape index (κ2) is 10.5. The van der Waals surface area contributed by atoms with E-state index in [9.17, 15) is 4.79 Å². The van der Waals surface area contributed by atoms with E-state index in [0.29, 0.717) is 31.5 Å². The van der Waals surface area contributed by atoms with Crippen molar-refractivity contribution in [1.82, 2.24) is 20.9 Å². The average Bonchev–Trinajstić information content (AvgIpc) is 2.54. The highest BCUT2D eigenvalue weighted by atomic mass is 16.5. The fourth-order valence-corrected chi connectivity index (χ4v) is 2.01. The normalized spacial score (nSPS) is 11.8. The van der Waals surface area contributed by atoms with E-state index >= 15 is 0 Å². The predicted molar refractivity (Wildman–Crippen MR) is 101 cm³/mol. The van der Waals surface area contributed by atoms with Gasteiger partial charge >= 0.3 is 0 Å². The lowest BCUT2D eigenvalue weighted by molar-refractivity contribution is -0.121. The summed E-state index contributed by atoms with van der Waals surface area (Å²) in [5, 5.41) is 9.08. The number of pyridine rings is 1. The molecule has 0 aliphatic rings. The molecule has 7 nitrogen and oxygen atoms in total. The van der Waals surface area contributed by atoms with Crippen LogP contribution in [0, 0.1) is 0 Å². The van der Waals surface area contributed by atoms with Crippen LogP contribution in [0.2, 0.25) is 0 Å². The van der Waals surface area contributed by atoms with E-state index in [2.05, 4.69) is 32.9 Å². The van der Waals surface area contributed by atoms with Crippen LogP contribution in [-0.2, 0) is 11.3 Å². The van der Waals surface area contributed by atoms with E-state index < -0.39 is 0 Å². The van der Waals surface area contributed by atoms with Crippen molar-refractivity contribution in [2.24, 2.45) is 4.99 Å². The zero-order valence-corrected chi connectivity index (χ0v) is 16.0. The zero-order chi connectivity index (χ0) is 18.7. The molecule has 0 aliphatic heterocycles. The average molecular weight is 349 g/mol. The topological polar surface area (TPSA) is 87.6 Å². The van der Waals surface area contributed by atoms with Crippen LogP contribution in [0.5, 0.6) is 5.88 Å². The van der Waals surface area contributed by atoms with Gasteiger partial charge in [-0.15, -0.1) is 0 Å². The summed E-state index contributed by atoms with van der Waals surface area (Å²) in [6.07, 6.45) is 2.63. The van der Waals surface area contributed by atoms with Crippen LogP contribution in [0.1, 0.15) is 46.6 Å². The molecule has 1 aromatic rings. The lowest BCUT2D eigenvalue weighted by atomic mass is 10.1. The third kappa shape index (κ3) is 8.93. The molecule has 0 aromatic carbocycles. The van der Waals surface area contributed by atoms with Crippen molar-refractivity contribution in [2.45, 2.75) is 53.1 Å². The Morgan fingerprint density at radius 1 is 1.28 bits per heavy atom. The lowest BCUT2D eigenvalue weighted by Gasteiger charge is -2.21. The van der Waals surface area contributed by atoms with Gasteiger partial charge in [0.15, 0.2) is 5.96 Å². The van der Waals surface area contributed by atoms with E-state index in [0.717, 1.165) is 12.0 Å². The summed E-state index contributed by atoms with van der Waals surface area (Å²) in [5.41, 5.74) is 0.655. The summed E-state index contributed by atoms with van der Waals surface area (Å²) < 4.78 is 5.65. The van der Waals surface area contributed by atoms with Crippen molar-refractivity contribution in [2.75, 3.05) is 19.7 Å². The van der Waals surface area contributed by atoms with E-state index in [1.54, 1.807) is 6.20 Å². The summed E-state index contributed by atoms with van der Waals surface area (Å²) >= 11 is 0. The van der Waals surface area contributed by atoms with Gasteiger partial charge in [0.25, 0.3) is 0 Å². The van der Waals surface area contributed by atoms with Gasteiger partial charge < -0.3 is 20.7 Å². The maximum absolute atomic E-state index is 11.9. The van der Waals surface area contributed by atoms with Crippen LogP contribution >= 0.6 is 0 Å². The van der Waals surface area contributed by atoms with Crippen molar-refractivity contribution >= 4 is 11.9 Å². The number of aromatic nitrogens is 1. The number of hydrogen-bond acceptors (Lipinski definition) is 4. The first-order valence-corrected chi connectivity index (χ1v) is 8.75. The molecule has 1 aromatic heterocycles. The molecule has 0 saturated carbocycles. The second-order valence-electron chi connectivity index (χ2n) is 6.66. The lowest BCUT2D eigenvalue weighted by Crippen LogP contribution is -2.48. The van der Waals surface area contributed by atoms with Crippen LogP contribution in [-0.4, -0.2) is 42.1 Å². The molecule has 140 valence electrons. The smallest absolute Gasteiger partial charge is 0.239 e. The molecule has 3 N–H and O–H groups in total. The minimum absolute atomic E-state index is 0.0774. The van der Waals surface area contributed by atoms with Crippen LogP contribution in [0.4, 0.5) is 0 Å². The van der Waals surface area contributed by atoms with Crippen molar-refractivity contribution in [1.29, 1.82) is 0 Å². The van der Waals surface area contributed by atoms with Crippen molar-refractivity contribution in [3.63, 3.8) is 0 Å². The fourth-order valence-electron chi connectivity index (χ4n) is 2.01. The summed E-state index contributed by atoms with van der Waals surface area (Å²) in [7, 11) is 0. The number of amides is 1. The fraction of sp³-hybridized carbons (Fsp3) is 0.611. The third-order valence-electron chi connectivity index (χ3n) is 2.98. The maximum Gasteiger partial charge on any atom is 0.239 e. The molecule has 0 atom stereocenters. The van der Waals surface area contributed by atoms with Crippen LogP contribution in [0.25, 0.3) is 0 Å². The molecule has 25 heavy (non-hydrogen) atoms. The Labute approximate surface area is 150 Å². The summed E-state index contributed by atoms with van der Waals surface area (Å²) in [6, 6.07) is 3.80. The Morgan fingerprint density at radius 3 is 2.68 bits per heavy atom. The molecule has 0 fully saturated rings. The Hall–Kier alpha value is -2.31. The molecule has 0 radical (unpaired) electrons. The van der Waals surface area contributed by atoms with Gasteiger partial charge in [0.2, 0.25) is 11.8 Å². The quantitative estimate of drug-likeness (QED) is 0.492. The number of carbonyl (C=O) groups excluding carboxylic acids is 1. The monoisotopic (exact) mass is 349 g/mol. The molecule has 0 spiro atoms. The first-order chi connectivity index (χ1) is 11.9. The van der Waals surface area contributed by atoms with Gasteiger partial charge in [-0.25, -0.2) is 9.98 Å². The summed E-state index contributed by atoms with van der Waals surface area (Å²) in [6.45, 7) is 11.8. The maximum atomic E-state index is 11.9. The minimum atomic E-state index is -0.254. The molecule has 1 rings (SSSR count). The van der Waals surface area contributed by atoms with E-state index in [-0.39, 0.29) is 18.0 Å². The molecule has 1 heterocycles. The van der Waals surface area contributed by atoms with Crippen molar-refractivity contribution < 1.29 is 9.53 Å². The molecular formula is C18H31N5O2. The Kier molecular flexibility index (Phi) is 8.74. The predicted octanol–water partition coefficient (Wildman–Crippen LogP) is 1.84. The van der Waals surface area contributed by atoms with Crippen LogP contribution in [0.3, 0.4) is 0 Å². The summed E-state index contributed by atoms with van der Waals surface area (Å²) in [4.78, 5) is 20.7. The number of carbonyl (C=O) groups is 1. The van der Waals surface area contributed by atoms with Crippen molar-refractivity contribution in [3.05, 3.63) is 23.9 Å². The molecule has 0 saturated heterocycles. The molecule has 0 bridgehead atoms. The number of nitrogens with zero attached hydrogens (tertiary/aromatic N) is 2. The zero-order valence-electron chi connectivity index (χ0n) is 16.0.